The maximum absolute atomic E-state index is 10.4. The van der Waals surface area contributed by atoms with E-state index in [0.29, 0.717) is 5.75 Å². The summed E-state index contributed by atoms with van der Waals surface area (Å²) in [6.45, 7) is 2.09. The van der Waals surface area contributed by atoms with Crippen LogP contribution in [0.25, 0.3) is 0 Å². The normalized spacial score (nSPS) is 11.9. The molecule has 0 aliphatic carbocycles. The van der Waals surface area contributed by atoms with Crippen LogP contribution < -0.4 is 29.6 Å². The van der Waals surface area contributed by atoms with Crippen LogP contribution in [0.2, 0.25) is 0 Å². The molecule has 0 fully saturated rings. The molecule has 0 amide bonds. The van der Waals surface area contributed by atoms with Crippen molar-refractivity contribution in [3.8, 4) is 0 Å². The summed E-state index contributed by atoms with van der Waals surface area (Å²) < 4.78 is 19.0. The van der Waals surface area contributed by atoms with Gasteiger partial charge < -0.3 is 4.55 Å². The molecule has 1 unspecified atom stereocenters. The van der Waals surface area contributed by atoms with Crippen molar-refractivity contribution in [1.82, 2.24) is 0 Å². The Morgan fingerprint density at radius 1 is 1.17 bits per heavy atom. The molecule has 0 aliphatic heterocycles. The van der Waals surface area contributed by atoms with E-state index in [9.17, 15) is 4.21 Å². The summed E-state index contributed by atoms with van der Waals surface area (Å²) in [5.74, 6) is 1.51. The van der Waals surface area contributed by atoms with Gasteiger partial charge >= 0.3 is 29.6 Å². The molecule has 0 saturated heterocycles. The number of rotatable bonds is 8. The van der Waals surface area contributed by atoms with E-state index in [4.69, 9.17) is 4.55 Å². The second-order valence-corrected chi connectivity index (χ2v) is 7.34. The molecule has 1 rings (SSSR count). The Morgan fingerprint density at radius 3 is 2.44 bits per heavy atom. The van der Waals surface area contributed by atoms with E-state index in [1.807, 2.05) is 10.8 Å². The maximum Gasteiger partial charge on any atom is 1.00 e. The zero-order valence-corrected chi connectivity index (χ0v) is 15.4. The van der Waals surface area contributed by atoms with Gasteiger partial charge in [-0.1, -0.05) is 45.7 Å². The van der Waals surface area contributed by atoms with Gasteiger partial charge in [-0.05, 0) is 31.9 Å². The quantitative estimate of drug-likeness (QED) is 0.338. The minimum absolute atomic E-state index is 0. The topological polar surface area (TPSA) is 37.3 Å². The van der Waals surface area contributed by atoms with Gasteiger partial charge in [0.1, 0.15) is 0 Å². The van der Waals surface area contributed by atoms with Gasteiger partial charge in [-0.25, -0.2) is 4.21 Å². The predicted octanol–water partition coefficient (Wildman–Crippen LogP) is 1.13. The summed E-state index contributed by atoms with van der Waals surface area (Å²) in [6.07, 6.45) is 2.99. The summed E-state index contributed by atoms with van der Waals surface area (Å²) >= 11 is -1.62. The standard InChI is InChI=1S/C12H18O2S3.Na/c1-11-5-7-12(8-6-11)16-15-9-3-2-4-10-17(13)14;/h5-8H,2-4,9-10H2,1H3,(H,13,14);/q;+1. The number of benzene rings is 1. The van der Waals surface area contributed by atoms with Crippen molar-refractivity contribution in [2.24, 2.45) is 0 Å². The third-order valence-electron chi connectivity index (χ3n) is 2.22. The van der Waals surface area contributed by atoms with Crippen LogP contribution in [-0.4, -0.2) is 20.3 Å². The summed E-state index contributed by atoms with van der Waals surface area (Å²) in [5, 5.41) is 0. The third kappa shape index (κ3) is 9.89. The Balaban J connectivity index is 0.00000289. The van der Waals surface area contributed by atoms with Gasteiger partial charge in [0.05, 0.1) is 0 Å². The largest absolute Gasteiger partial charge is 1.00 e. The average Bonchev–Trinajstić information content (AvgIpc) is 2.30. The fourth-order valence-corrected chi connectivity index (χ4v) is 3.85. The SMILES string of the molecule is Cc1ccc(SSCCCCCS(=O)O)cc1.[Na+]. The first-order chi connectivity index (χ1) is 8.18. The van der Waals surface area contributed by atoms with Crippen LogP contribution in [0.3, 0.4) is 0 Å². The van der Waals surface area contributed by atoms with Gasteiger partial charge in [0, 0.05) is 16.4 Å². The van der Waals surface area contributed by atoms with Gasteiger partial charge in [0.15, 0.2) is 11.1 Å². The van der Waals surface area contributed by atoms with Gasteiger partial charge in [-0.15, -0.1) is 0 Å². The number of hydrogen-bond donors (Lipinski definition) is 1. The minimum atomic E-state index is -1.62. The van der Waals surface area contributed by atoms with Crippen LogP contribution in [-0.2, 0) is 11.1 Å². The summed E-state index contributed by atoms with van der Waals surface area (Å²) in [6, 6.07) is 8.53. The Labute approximate surface area is 142 Å². The molecule has 0 bridgehead atoms. The van der Waals surface area contributed by atoms with Crippen LogP contribution in [0.4, 0.5) is 0 Å². The molecule has 1 atom stereocenters. The van der Waals surface area contributed by atoms with E-state index >= 15 is 0 Å². The fraction of sp³-hybridized carbons (Fsp3) is 0.500. The number of aryl methyl sites for hydroxylation is 1. The minimum Gasteiger partial charge on any atom is -0.306 e. The molecular formula is C12H18NaO2S3+. The first-order valence-electron chi connectivity index (χ1n) is 5.62. The van der Waals surface area contributed by atoms with Crippen LogP contribution in [0, 0.1) is 6.92 Å². The molecule has 1 aromatic rings. The average molecular weight is 313 g/mol. The van der Waals surface area contributed by atoms with Gasteiger partial charge in [0.25, 0.3) is 0 Å². The molecule has 0 heterocycles. The predicted molar refractivity (Wildman–Crippen MR) is 79.0 cm³/mol. The second-order valence-electron chi connectivity index (χ2n) is 3.80. The molecule has 2 nitrogen and oxygen atoms in total. The molecule has 0 aliphatic rings. The smallest absolute Gasteiger partial charge is 0.306 e. The molecule has 0 aromatic heterocycles. The van der Waals surface area contributed by atoms with Crippen molar-refractivity contribution >= 4 is 32.7 Å². The van der Waals surface area contributed by atoms with Gasteiger partial charge in [0.2, 0.25) is 0 Å². The van der Waals surface area contributed by atoms with E-state index in [2.05, 4.69) is 31.2 Å². The van der Waals surface area contributed by atoms with Crippen LogP contribution in [0.1, 0.15) is 24.8 Å². The van der Waals surface area contributed by atoms with E-state index in [-0.39, 0.29) is 29.6 Å². The first-order valence-corrected chi connectivity index (χ1v) is 9.21. The Hall–Kier alpha value is 1.03. The van der Waals surface area contributed by atoms with Crippen molar-refractivity contribution in [1.29, 1.82) is 0 Å². The van der Waals surface area contributed by atoms with E-state index in [1.54, 1.807) is 10.8 Å². The summed E-state index contributed by atoms with van der Waals surface area (Å²) in [7, 11) is 3.65. The molecule has 0 radical (unpaired) electrons. The molecule has 1 aromatic carbocycles. The molecule has 18 heavy (non-hydrogen) atoms. The van der Waals surface area contributed by atoms with Gasteiger partial charge in [-0.2, -0.15) is 0 Å². The molecule has 1 N–H and O–H groups in total. The van der Waals surface area contributed by atoms with E-state index < -0.39 is 11.1 Å². The van der Waals surface area contributed by atoms with E-state index in [1.165, 1.54) is 10.5 Å². The first kappa shape index (κ1) is 19.0. The molecule has 0 spiro atoms. The molecule has 0 saturated carbocycles. The van der Waals surface area contributed by atoms with Crippen molar-refractivity contribution in [3.05, 3.63) is 29.8 Å². The Bertz CT molecular complexity index is 344. The Kier molecular flexibility index (Phi) is 12.5. The van der Waals surface area contributed by atoms with Crippen molar-refractivity contribution in [3.63, 3.8) is 0 Å². The fourth-order valence-electron chi connectivity index (χ4n) is 1.27. The second kappa shape index (κ2) is 11.8. The molecule has 96 valence electrons. The zero-order chi connectivity index (χ0) is 12.5. The summed E-state index contributed by atoms with van der Waals surface area (Å²) in [4.78, 5) is 1.29. The van der Waals surface area contributed by atoms with Crippen molar-refractivity contribution in [2.45, 2.75) is 31.1 Å². The Morgan fingerprint density at radius 2 is 1.83 bits per heavy atom. The van der Waals surface area contributed by atoms with E-state index in [0.717, 1.165) is 25.0 Å². The zero-order valence-electron chi connectivity index (χ0n) is 10.9. The van der Waals surface area contributed by atoms with Crippen LogP contribution in [0.15, 0.2) is 29.2 Å². The number of hydrogen-bond acceptors (Lipinski definition) is 3. The molecular weight excluding hydrogens is 295 g/mol. The van der Waals surface area contributed by atoms with Crippen molar-refractivity contribution in [2.75, 3.05) is 11.5 Å². The third-order valence-corrected chi connectivity index (χ3v) is 5.33. The van der Waals surface area contributed by atoms with Gasteiger partial charge in [-0.3, -0.25) is 0 Å². The monoisotopic (exact) mass is 313 g/mol. The number of unbranched alkanes of at least 4 members (excludes halogenated alkanes) is 2. The summed E-state index contributed by atoms with van der Waals surface area (Å²) in [5.41, 5.74) is 1.29. The molecule has 6 heteroatoms. The van der Waals surface area contributed by atoms with Crippen LogP contribution >= 0.6 is 21.6 Å². The maximum atomic E-state index is 10.4. The van der Waals surface area contributed by atoms with Crippen LogP contribution in [0.5, 0.6) is 0 Å². The van der Waals surface area contributed by atoms with Crippen molar-refractivity contribution < 1.29 is 38.3 Å².